The number of primary amides is 1. The summed E-state index contributed by atoms with van der Waals surface area (Å²) in [5.74, 6) is -0.644. The number of hydrogen-bond donors (Lipinski definition) is 1. The Bertz CT molecular complexity index is 883. The molecule has 1 fully saturated rings. The van der Waals surface area contributed by atoms with Crippen LogP contribution in [0.15, 0.2) is 40.2 Å². The molecule has 7 nitrogen and oxygen atoms in total. The molecule has 0 bridgehead atoms. The van der Waals surface area contributed by atoms with Crippen molar-refractivity contribution in [2.24, 2.45) is 5.73 Å². The van der Waals surface area contributed by atoms with Crippen LogP contribution in [0.1, 0.15) is 18.4 Å². The first-order valence-corrected chi connectivity index (χ1v) is 9.14. The Morgan fingerprint density at radius 3 is 2.43 bits per heavy atom. The number of benzene rings is 1. The van der Waals surface area contributed by atoms with Crippen LogP contribution in [0, 0.1) is 0 Å². The van der Waals surface area contributed by atoms with Crippen LogP contribution in [0.25, 0.3) is 11.8 Å². The molecular formula is C14H13BrN4O3S. The molecule has 0 aliphatic heterocycles. The van der Waals surface area contributed by atoms with Gasteiger partial charge in [0.2, 0.25) is 4.73 Å². The molecule has 23 heavy (non-hydrogen) atoms. The molecule has 2 aromatic rings. The maximum atomic E-state index is 12.2. The summed E-state index contributed by atoms with van der Waals surface area (Å²) in [5, 5.41) is 3.72. The molecule has 1 aliphatic rings. The van der Waals surface area contributed by atoms with Gasteiger partial charge in [-0.25, -0.2) is 18.1 Å². The van der Waals surface area contributed by atoms with Gasteiger partial charge >= 0.3 is 0 Å². The lowest BCUT2D eigenvalue weighted by molar-refractivity contribution is -0.112. The van der Waals surface area contributed by atoms with Crippen molar-refractivity contribution in [3.63, 3.8) is 0 Å². The van der Waals surface area contributed by atoms with E-state index in [1.54, 1.807) is 12.1 Å². The zero-order chi connectivity index (χ0) is 16.6. The van der Waals surface area contributed by atoms with Crippen molar-refractivity contribution in [1.29, 1.82) is 0 Å². The molecule has 9 heteroatoms. The van der Waals surface area contributed by atoms with Gasteiger partial charge in [-0.2, -0.15) is 0 Å². The molecule has 0 unspecified atom stereocenters. The third-order valence-corrected chi connectivity index (χ3v) is 6.11. The third kappa shape index (κ3) is 3.35. The molecule has 1 aromatic heterocycles. The molecule has 3 rings (SSSR count). The molecular weight excluding hydrogens is 384 g/mol. The molecule has 2 N–H and O–H groups in total. The van der Waals surface area contributed by atoms with Crippen LogP contribution in [0.5, 0.6) is 0 Å². The summed E-state index contributed by atoms with van der Waals surface area (Å²) >= 11 is 3.11. The van der Waals surface area contributed by atoms with Crippen molar-refractivity contribution in [3.05, 3.63) is 40.9 Å². The Balaban J connectivity index is 1.95. The zero-order valence-electron chi connectivity index (χ0n) is 11.9. The van der Waals surface area contributed by atoms with Crippen molar-refractivity contribution in [2.75, 3.05) is 0 Å². The van der Waals surface area contributed by atoms with Gasteiger partial charge in [0.25, 0.3) is 5.91 Å². The highest BCUT2D eigenvalue weighted by molar-refractivity contribution is 9.10. The van der Waals surface area contributed by atoms with E-state index >= 15 is 0 Å². The average Bonchev–Trinajstić information content (AvgIpc) is 3.29. The van der Waals surface area contributed by atoms with Gasteiger partial charge in [-0.15, -0.1) is 5.10 Å². The van der Waals surface area contributed by atoms with Gasteiger partial charge in [0.1, 0.15) is 6.33 Å². The lowest BCUT2D eigenvalue weighted by atomic mass is 10.1. The molecule has 0 saturated heterocycles. The maximum absolute atomic E-state index is 12.2. The second-order valence-electron chi connectivity index (χ2n) is 5.17. The van der Waals surface area contributed by atoms with Crippen molar-refractivity contribution >= 4 is 43.4 Å². The standard InChI is InChI=1S/C14H13BrN4O3S/c15-14-17-8-19(18-14)7-12(13(16)20)9-1-3-10(4-2-9)23(21,22)11-5-6-11/h1-4,7-8,11H,5-6H2,(H2,16,20)/b12-7+. The van der Waals surface area contributed by atoms with Crippen molar-refractivity contribution in [2.45, 2.75) is 23.0 Å². The summed E-state index contributed by atoms with van der Waals surface area (Å²) in [7, 11) is -3.25. The normalized spacial score (nSPS) is 15.6. The van der Waals surface area contributed by atoms with Crippen LogP contribution in [-0.4, -0.2) is 34.3 Å². The first kappa shape index (κ1) is 15.9. The number of aromatic nitrogens is 3. The van der Waals surface area contributed by atoms with Gasteiger partial charge < -0.3 is 5.73 Å². The van der Waals surface area contributed by atoms with Crippen LogP contribution in [0.2, 0.25) is 0 Å². The summed E-state index contributed by atoms with van der Waals surface area (Å²) in [6, 6.07) is 6.13. The van der Waals surface area contributed by atoms with Gasteiger partial charge in [0.15, 0.2) is 9.84 Å². The molecule has 0 spiro atoms. The molecule has 1 aromatic carbocycles. The largest absolute Gasteiger partial charge is 0.366 e. The number of sulfone groups is 1. The Kier molecular flexibility index (Phi) is 4.07. The molecule has 1 saturated carbocycles. The number of amides is 1. The van der Waals surface area contributed by atoms with Crippen molar-refractivity contribution in [3.8, 4) is 0 Å². The lowest BCUT2D eigenvalue weighted by Gasteiger charge is -2.06. The van der Waals surface area contributed by atoms with E-state index in [9.17, 15) is 13.2 Å². The Labute approximate surface area is 141 Å². The van der Waals surface area contributed by atoms with E-state index in [1.165, 1.54) is 29.3 Å². The summed E-state index contributed by atoms with van der Waals surface area (Å²) in [4.78, 5) is 15.8. The SMILES string of the molecule is NC(=O)/C(=C/n1cnc(Br)n1)c1ccc(S(=O)(=O)C2CC2)cc1. The second-order valence-corrected chi connectivity index (χ2v) is 8.11. The number of nitrogens with two attached hydrogens (primary N) is 1. The number of hydrogen-bond acceptors (Lipinski definition) is 5. The topological polar surface area (TPSA) is 108 Å². The van der Waals surface area contributed by atoms with Crippen LogP contribution in [-0.2, 0) is 14.6 Å². The number of halogens is 1. The van der Waals surface area contributed by atoms with Crippen molar-refractivity contribution < 1.29 is 13.2 Å². The molecule has 0 atom stereocenters. The fourth-order valence-corrected chi connectivity index (χ4v) is 4.06. The minimum atomic E-state index is -3.25. The second kappa shape index (κ2) is 5.89. The third-order valence-electron chi connectivity index (χ3n) is 3.46. The monoisotopic (exact) mass is 396 g/mol. The van der Waals surface area contributed by atoms with E-state index in [4.69, 9.17) is 5.73 Å². The Hall–Kier alpha value is -2.00. The van der Waals surface area contributed by atoms with E-state index < -0.39 is 15.7 Å². The number of carbonyl (C=O) groups is 1. The van der Waals surface area contributed by atoms with Gasteiger partial charge in [-0.1, -0.05) is 12.1 Å². The number of nitrogens with zero attached hydrogens (tertiary/aromatic N) is 3. The molecule has 1 aliphatic carbocycles. The highest BCUT2D eigenvalue weighted by Gasteiger charge is 2.36. The van der Waals surface area contributed by atoms with E-state index in [0.29, 0.717) is 23.1 Å². The van der Waals surface area contributed by atoms with Crippen molar-refractivity contribution in [1.82, 2.24) is 14.8 Å². The predicted octanol–water partition coefficient (Wildman–Crippen LogP) is 1.46. The number of rotatable bonds is 5. The average molecular weight is 397 g/mol. The maximum Gasteiger partial charge on any atom is 0.250 e. The molecule has 1 heterocycles. The highest BCUT2D eigenvalue weighted by atomic mass is 79.9. The fourth-order valence-electron chi connectivity index (χ4n) is 2.12. The van der Waals surface area contributed by atoms with E-state index in [0.717, 1.165) is 0 Å². The Morgan fingerprint density at radius 2 is 1.96 bits per heavy atom. The minimum absolute atomic E-state index is 0.206. The minimum Gasteiger partial charge on any atom is -0.366 e. The highest BCUT2D eigenvalue weighted by Crippen LogP contribution is 2.33. The fraction of sp³-hybridized carbons (Fsp3) is 0.214. The zero-order valence-corrected chi connectivity index (χ0v) is 14.3. The van der Waals surface area contributed by atoms with Crippen LogP contribution in [0.4, 0.5) is 0 Å². The van der Waals surface area contributed by atoms with Gasteiger partial charge in [-0.3, -0.25) is 4.79 Å². The van der Waals surface area contributed by atoms with Gasteiger partial charge in [-0.05, 0) is 46.5 Å². The summed E-state index contributed by atoms with van der Waals surface area (Å²) in [6.45, 7) is 0. The van der Waals surface area contributed by atoms with E-state index in [1.807, 2.05) is 0 Å². The predicted molar refractivity (Wildman–Crippen MR) is 87.7 cm³/mol. The molecule has 1 amide bonds. The Morgan fingerprint density at radius 1 is 1.30 bits per heavy atom. The van der Waals surface area contributed by atoms with E-state index in [2.05, 4.69) is 26.0 Å². The smallest absolute Gasteiger partial charge is 0.250 e. The summed E-state index contributed by atoms with van der Waals surface area (Å²) in [6.07, 6.45) is 4.26. The molecule has 0 radical (unpaired) electrons. The summed E-state index contributed by atoms with van der Waals surface area (Å²) in [5.41, 5.74) is 6.13. The quantitative estimate of drug-likeness (QED) is 0.769. The number of carbonyl (C=O) groups excluding carboxylic acids is 1. The van der Waals surface area contributed by atoms with Crippen LogP contribution < -0.4 is 5.73 Å². The first-order valence-electron chi connectivity index (χ1n) is 6.80. The van der Waals surface area contributed by atoms with Crippen LogP contribution in [0.3, 0.4) is 0 Å². The van der Waals surface area contributed by atoms with E-state index in [-0.39, 0.29) is 15.7 Å². The lowest BCUT2D eigenvalue weighted by Crippen LogP contribution is -2.14. The van der Waals surface area contributed by atoms with Gasteiger partial charge in [0, 0.05) is 6.20 Å². The van der Waals surface area contributed by atoms with Crippen LogP contribution >= 0.6 is 15.9 Å². The summed E-state index contributed by atoms with van der Waals surface area (Å²) < 4.78 is 26.1. The first-order chi connectivity index (χ1) is 10.9. The van der Waals surface area contributed by atoms with Gasteiger partial charge in [0.05, 0.1) is 15.7 Å². The molecule has 120 valence electrons.